The summed E-state index contributed by atoms with van der Waals surface area (Å²) in [5.74, 6) is -0.575. The van der Waals surface area contributed by atoms with Gasteiger partial charge in [-0.2, -0.15) is 5.10 Å². The van der Waals surface area contributed by atoms with Gasteiger partial charge >= 0.3 is 5.69 Å². The van der Waals surface area contributed by atoms with Crippen molar-refractivity contribution in [3.8, 4) is 5.69 Å². The van der Waals surface area contributed by atoms with Gasteiger partial charge in [-0.1, -0.05) is 6.07 Å². The molecule has 0 radical (unpaired) electrons. The summed E-state index contributed by atoms with van der Waals surface area (Å²) in [7, 11) is 0. The third-order valence-electron chi connectivity index (χ3n) is 4.62. The number of aryl methyl sites for hydroxylation is 2. The molecule has 3 rings (SSSR count). The molecule has 7 nitrogen and oxygen atoms in total. The van der Waals surface area contributed by atoms with Crippen molar-refractivity contribution in [2.45, 2.75) is 34.2 Å². The molecule has 1 aromatic carbocycles. The highest BCUT2D eigenvalue weighted by molar-refractivity contribution is 5.97. The molecule has 2 heterocycles. The lowest BCUT2D eigenvalue weighted by atomic mass is 10.1. The Kier molecular flexibility index (Phi) is 4.65. The zero-order chi connectivity index (χ0) is 19.9. The fourth-order valence-corrected chi connectivity index (χ4v) is 3.38. The minimum absolute atomic E-state index is 0.0759. The van der Waals surface area contributed by atoms with E-state index in [1.54, 1.807) is 43.5 Å². The zero-order valence-electron chi connectivity index (χ0n) is 15.5. The topological polar surface area (TPSA) is 83.0 Å². The number of hydrogen-bond acceptors (Lipinski definition) is 4. The molecule has 0 spiro atoms. The van der Waals surface area contributed by atoms with Crippen molar-refractivity contribution in [2.24, 2.45) is 0 Å². The molecule has 3 aromatic rings. The van der Waals surface area contributed by atoms with Gasteiger partial charge in [0.2, 0.25) is 0 Å². The van der Waals surface area contributed by atoms with E-state index in [1.807, 2.05) is 6.92 Å². The molecule has 27 heavy (non-hydrogen) atoms. The number of nitro groups is 1. The average Bonchev–Trinajstić information content (AvgIpc) is 3.03. The number of Topliss-reactive ketones (excluding diaryl/α,β-unsaturated/α-hetero) is 1. The first-order chi connectivity index (χ1) is 12.7. The molecule has 0 N–H and O–H groups in total. The number of halogens is 1. The largest absolute Gasteiger partial charge is 0.318 e. The molecular weight excluding hydrogens is 351 g/mol. The highest BCUT2D eigenvalue weighted by atomic mass is 19.1. The summed E-state index contributed by atoms with van der Waals surface area (Å²) >= 11 is 0. The molecule has 0 saturated heterocycles. The second kappa shape index (κ2) is 6.79. The van der Waals surface area contributed by atoms with Crippen LogP contribution in [-0.2, 0) is 6.54 Å². The lowest BCUT2D eigenvalue weighted by Gasteiger charge is -2.10. The van der Waals surface area contributed by atoms with E-state index in [0.717, 1.165) is 5.69 Å². The van der Waals surface area contributed by atoms with Crippen LogP contribution in [0.5, 0.6) is 0 Å². The maximum Gasteiger partial charge on any atom is 0.312 e. The molecule has 0 bridgehead atoms. The summed E-state index contributed by atoms with van der Waals surface area (Å²) in [5.41, 5.74) is 3.12. The van der Waals surface area contributed by atoms with Crippen LogP contribution in [0, 0.1) is 43.6 Å². The summed E-state index contributed by atoms with van der Waals surface area (Å²) in [6.45, 7) is 6.63. The maximum atomic E-state index is 13.6. The Morgan fingerprint density at radius 3 is 2.48 bits per heavy atom. The second-order valence-corrected chi connectivity index (χ2v) is 6.46. The highest BCUT2D eigenvalue weighted by Gasteiger charge is 2.24. The standard InChI is InChI=1S/C19H19FN4O3/c1-11-8-17(13(3)23(11)16-7-5-6-15(20)9-16)18(25)10-22-14(4)19(24(26)27)12(2)21-22/h5-9H,10H2,1-4H3. The molecule has 8 heteroatoms. The van der Waals surface area contributed by atoms with Crippen LogP contribution >= 0.6 is 0 Å². The zero-order valence-corrected chi connectivity index (χ0v) is 15.5. The number of nitrogens with zero attached hydrogens (tertiary/aromatic N) is 4. The smallest absolute Gasteiger partial charge is 0.312 e. The predicted molar refractivity (Wildman–Crippen MR) is 97.9 cm³/mol. The van der Waals surface area contributed by atoms with Gasteiger partial charge in [-0.05, 0) is 52.0 Å². The molecule has 0 atom stereocenters. The van der Waals surface area contributed by atoms with Gasteiger partial charge < -0.3 is 4.57 Å². The number of aromatic nitrogens is 3. The van der Waals surface area contributed by atoms with Crippen molar-refractivity contribution >= 4 is 11.5 Å². The summed E-state index contributed by atoms with van der Waals surface area (Å²) in [5, 5.41) is 15.3. The number of ketones is 1. The van der Waals surface area contributed by atoms with Crippen molar-refractivity contribution in [3.63, 3.8) is 0 Å². The molecule has 140 valence electrons. The average molecular weight is 370 g/mol. The maximum absolute atomic E-state index is 13.6. The van der Waals surface area contributed by atoms with Crippen molar-refractivity contribution in [1.82, 2.24) is 14.3 Å². The summed E-state index contributed by atoms with van der Waals surface area (Å²) in [4.78, 5) is 23.5. The monoisotopic (exact) mass is 370 g/mol. The second-order valence-electron chi connectivity index (χ2n) is 6.46. The van der Waals surface area contributed by atoms with Crippen molar-refractivity contribution < 1.29 is 14.1 Å². The van der Waals surface area contributed by atoms with Crippen LogP contribution in [0.2, 0.25) is 0 Å². The van der Waals surface area contributed by atoms with Crippen molar-refractivity contribution in [1.29, 1.82) is 0 Å². The van der Waals surface area contributed by atoms with Crippen LogP contribution in [0.1, 0.15) is 33.1 Å². The summed E-state index contributed by atoms with van der Waals surface area (Å²) in [6, 6.07) is 7.88. The van der Waals surface area contributed by atoms with Gasteiger partial charge in [-0.25, -0.2) is 4.39 Å². The van der Waals surface area contributed by atoms with Gasteiger partial charge in [-0.15, -0.1) is 0 Å². The van der Waals surface area contributed by atoms with E-state index in [2.05, 4.69) is 5.10 Å². The van der Waals surface area contributed by atoms with Crippen LogP contribution in [0.25, 0.3) is 5.69 Å². The number of carbonyl (C=O) groups excluding carboxylic acids is 1. The fourth-order valence-electron chi connectivity index (χ4n) is 3.38. The van der Waals surface area contributed by atoms with E-state index < -0.39 is 4.92 Å². The highest BCUT2D eigenvalue weighted by Crippen LogP contribution is 2.24. The Morgan fingerprint density at radius 1 is 1.19 bits per heavy atom. The van der Waals surface area contributed by atoms with Gasteiger partial charge in [0.1, 0.15) is 23.7 Å². The van der Waals surface area contributed by atoms with Gasteiger partial charge in [-0.3, -0.25) is 19.6 Å². The normalized spacial score (nSPS) is 11.0. The van der Waals surface area contributed by atoms with Gasteiger partial charge in [0.15, 0.2) is 5.78 Å². The molecular formula is C19H19FN4O3. The Labute approximate surface area is 155 Å². The molecule has 0 unspecified atom stereocenters. The Morgan fingerprint density at radius 2 is 1.89 bits per heavy atom. The van der Waals surface area contributed by atoms with Crippen LogP contribution in [0.15, 0.2) is 30.3 Å². The van der Waals surface area contributed by atoms with E-state index >= 15 is 0 Å². The molecule has 0 aliphatic rings. The number of carbonyl (C=O) groups is 1. The summed E-state index contributed by atoms with van der Waals surface area (Å²) in [6.07, 6.45) is 0. The van der Waals surface area contributed by atoms with Crippen LogP contribution in [-0.4, -0.2) is 25.1 Å². The molecule has 0 saturated carbocycles. The lowest BCUT2D eigenvalue weighted by Crippen LogP contribution is -2.14. The molecule has 0 fully saturated rings. The number of rotatable bonds is 5. The SMILES string of the molecule is Cc1nn(CC(=O)c2cc(C)n(-c3cccc(F)c3)c2C)c(C)c1[N+](=O)[O-]. The lowest BCUT2D eigenvalue weighted by molar-refractivity contribution is -0.386. The molecule has 0 aliphatic heterocycles. The first-order valence-corrected chi connectivity index (χ1v) is 8.37. The first-order valence-electron chi connectivity index (χ1n) is 8.37. The van der Waals surface area contributed by atoms with Crippen LogP contribution < -0.4 is 0 Å². The van der Waals surface area contributed by atoms with E-state index in [9.17, 15) is 19.3 Å². The molecule has 0 aliphatic carbocycles. The van der Waals surface area contributed by atoms with Gasteiger partial charge in [0.05, 0.1) is 4.92 Å². The quantitative estimate of drug-likeness (QED) is 0.388. The molecule has 0 amide bonds. The minimum Gasteiger partial charge on any atom is -0.318 e. The predicted octanol–water partition coefficient (Wildman–Crippen LogP) is 3.84. The van der Waals surface area contributed by atoms with Crippen LogP contribution in [0.3, 0.4) is 0 Å². The summed E-state index contributed by atoms with van der Waals surface area (Å²) < 4.78 is 16.7. The molecule has 2 aromatic heterocycles. The van der Waals surface area contributed by atoms with E-state index in [4.69, 9.17) is 0 Å². The number of benzene rings is 1. The Bertz CT molecular complexity index is 1070. The van der Waals surface area contributed by atoms with Gasteiger partial charge in [0, 0.05) is 22.6 Å². The third kappa shape index (κ3) is 3.25. The van der Waals surface area contributed by atoms with Crippen molar-refractivity contribution in [3.05, 3.63) is 74.6 Å². The minimum atomic E-state index is -0.492. The van der Waals surface area contributed by atoms with E-state index in [0.29, 0.717) is 22.6 Å². The van der Waals surface area contributed by atoms with Gasteiger partial charge in [0.25, 0.3) is 0 Å². The van der Waals surface area contributed by atoms with Crippen LogP contribution in [0.4, 0.5) is 10.1 Å². The fraction of sp³-hybridized carbons (Fsp3) is 0.263. The first kappa shape index (κ1) is 18.5. The third-order valence-corrected chi connectivity index (χ3v) is 4.62. The Balaban J connectivity index is 1.97. The van der Waals surface area contributed by atoms with Crippen molar-refractivity contribution in [2.75, 3.05) is 0 Å². The number of hydrogen-bond donors (Lipinski definition) is 0. The van der Waals surface area contributed by atoms with E-state index in [1.165, 1.54) is 16.8 Å². The van der Waals surface area contributed by atoms with E-state index in [-0.39, 0.29) is 29.5 Å². The Hall–Kier alpha value is -3.29.